The zero-order valence-corrected chi connectivity index (χ0v) is 18.2. The van der Waals surface area contributed by atoms with Gasteiger partial charge in [-0.25, -0.2) is 0 Å². The summed E-state index contributed by atoms with van der Waals surface area (Å²) in [6.45, 7) is 0. The van der Waals surface area contributed by atoms with Crippen LogP contribution in [-0.4, -0.2) is 46.1 Å². The maximum absolute atomic E-state index is 5.40. The molecule has 8 nitrogen and oxygen atoms in total. The fourth-order valence-corrected chi connectivity index (χ4v) is 4.52. The Hall–Kier alpha value is -3.59. The number of hydrogen-bond acceptors (Lipinski definition) is 7. The van der Waals surface area contributed by atoms with Crippen molar-refractivity contribution in [1.82, 2.24) is 24.8 Å². The second-order valence-corrected chi connectivity index (χ2v) is 8.12. The van der Waals surface area contributed by atoms with Crippen LogP contribution < -0.4 is 14.2 Å². The normalized spacial score (nSPS) is 11.3. The third kappa shape index (κ3) is 3.57. The number of aromatic amines is 1. The zero-order chi connectivity index (χ0) is 21.4. The fraction of sp³-hybridized carbons (Fsp3) is 0.227. The van der Waals surface area contributed by atoms with Gasteiger partial charge in [-0.15, -0.1) is 10.2 Å². The minimum absolute atomic E-state index is 0.592. The van der Waals surface area contributed by atoms with E-state index in [0.717, 1.165) is 38.0 Å². The van der Waals surface area contributed by atoms with Crippen molar-refractivity contribution in [2.45, 2.75) is 12.8 Å². The van der Waals surface area contributed by atoms with Gasteiger partial charge in [-0.3, -0.25) is 0 Å². The summed E-state index contributed by atoms with van der Waals surface area (Å²) >= 11 is 1.55. The molecule has 0 fully saturated rings. The summed E-state index contributed by atoms with van der Waals surface area (Å²) in [7, 11) is 4.93. The van der Waals surface area contributed by atoms with E-state index in [-0.39, 0.29) is 0 Å². The molecule has 0 saturated heterocycles. The standard InChI is InChI=1S/C22H21N5O3S/c1-28-15-5-6-17-16(11-15)14(12-23-17)10-21-26-27-20(24-25-22(27)31-21)9-13-4-7-18(29-2)19(8-13)30-3/h4-8,11-12,23H,9-10H2,1-3H3. The Morgan fingerprint density at radius 1 is 0.935 bits per heavy atom. The number of nitrogens with zero attached hydrogens (tertiary/aromatic N) is 4. The van der Waals surface area contributed by atoms with E-state index in [0.29, 0.717) is 24.3 Å². The maximum atomic E-state index is 5.40. The molecule has 3 aromatic heterocycles. The molecule has 0 unspecified atom stereocenters. The van der Waals surface area contributed by atoms with Crippen LogP contribution in [0.3, 0.4) is 0 Å². The Morgan fingerprint density at radius 2 is 1.81 bits per heavy atom. The number of H-pyrrole nitrogens is 1. The van der Waals surface area contributed by atoms with E-state index in [4.69, 9.17) is 19.3 Å². The van der Waals surface area contributed by atoms with Gasteiger partial charge in [0.1, 0.15) is 10.8 Å². The minimum Gasteiger partial charge on any atom is -0.497 e. The highest BCUT2D eigenvalue weighted by Crippen LogP contribution is 2.29. The third-order valence-corrected chi connectivity index (χ3v) is 6.12. The molecule has 158 valence electrons. The highest BCUT2D eigenvalue weighted by atomic mass is 32.1. The van der Waals surface area contributed by atoms with E-state index in [2.05, 4.69) is 15.2 Å². The van der Waals surface area contributed by atoms with E-state index >= 15 is 0 Å². The van der Waals surface area contributed by atoms with Crippen LogP contribution in [0.4, 0.5) is 0 Å². The van der Waals surface area contributed by atoms with Crippen molar-refractivity contribution in [2.75, 3.05) is 21.3 Å². The molecule has 0 amide bonds. The van der Waals surface area contributed by atoms with Crippen molar-refractivity contribution in [2.24, 2.45) is 0 Å². The molecule has 31 heavy (non-hydrogen) atoms. The average molecular weight is 436 g/mol. The van der Waals surface area contributed by atoms with Gasteiger partial charge in [-0.1, -0.05) is 17.4 Å². The molecule has 0 radical (unpaired) electrons. The molecular weight excluding hydrogens is 414 g/mol. The molecule has 0 aliphatic rings. The highest BCUT2D eigenvalue weighted by molar-refractivity contribution is 7.16. The van der Waals surface area contributed by atoms with Gasteiger partial charge < -0.3 is 19.2 Å². The van der Waals surface area contributed by atoms with Gasteiger partial charge in [-0.2, -0.15) is 9.61 Å². The summed E-state index contributed by atoms with van der Waals surface area (Å²) in [6.07, 6.45) is 3.32. The number of methoxy groups -OCH3 is 3. The summed E-state index contributed by atoms with van der Waals surface area (Å²) in [6, 6.07) is 11.9. The van der Waals surface area contributed by atoms with Crippen LogP contribution in [0.1, 0.15) is 22.0 Å². The first-order valence-electron chi connectivity index (χ1n) is 9.73. The Morgan fingerprint density at radius 3 is 2.61 bits per heavy atom. The van der Waals surface area contributed by atoms with E-state index in [1.807, 2.05) is 47.1 Å². The Labute approximate surface area is 182 Å². The van der Waals surface area contributed by atoms with Crippen LogP contribution >= 0.6 is 11.3 Å². The first-order chi connectivity index (χ1) is 15.2. The van der Waals surface area contributed by atoms with Gasteiger partial charge in [0.25, 0.3) is 0 Å². The van der Waals surface area contributed by atoms with Gasteiger partial charge in [-0.05, 0) is 41.5 Å². The lowest BCUT2D eigenvalue weighted by atomic mass is 10.1. The number of hydrogen-bond donors (Lipinski definition) is 1. The maximum Gasteiger partial charge on any atom is 0.234 e. The largest absolute Gasteiger partial charge is 0.497 e. The summed E-state index contributed by atoms with van der Waals surface area (Å²) < 4.78 is 17.9. The van der Waals surface area contributed by atoms with Crippen LogP contribution in [0.5, 0.6) is 17.2 Å². The molecule has 9 heteroatoms. The average Bonchev–Trinajstić information content (AvgIpc) is 3.49. The van der Waals surface area contributed by atoms with Gasteiger partial charge in [0.2, 0.25) is 4.96 Å². The van der Waals surface area contributed by atoms with Gasteiger partial charge in [0.05, 0.1) is 21.3 Å². The molecule has 0 aliphatic carbocycles. The number of ether oxygens (including phenoxy) is 3. The molecule has 3 heterocycles. The van der Waals surface area contributed by atoms with Crippen LogP contribution in [0.25, 0.3) is 15.9 Å². The van der Waals surface area contributed by atoms with E-state index < -0.39 is 0 Å². The highest BCUT2D eigenvalue weighted by Gasteiger charge is 2.15. The Kier molecular flexibility index (Phi) is 4.95. The Bertz CT molecular complexity index is 1370. The van der Waals surface area contributed by atoms with Crippen molar-refractivity contribution in [3.63, 3.8) is 0 Å². The van der Waals surface area contributed by atoms with E-state index in [1.54, 1.807) is 32.7 Å². The minimum atomic E-state index is 0.592. The molecule has 0 atom stereocenters. The number of aromatic nitrogens is 5. The van der Waals surface area contributed by atoms with E-state index in [1.165, 1.54) is 5.56 Å². The molecule has 0 aliphatic heterocycles. The third-order valence-electron chi connectivity index (χ3n) is 5.22. The number of fused-ring (bicyclic) bond motifs is 2. The monoisotopic (exact) mass is 435 g/mol. The fourth-order valence-electron chi connectivity index (χ4n) is 3.65. The first kappa shape index (κ1) is 19.4. The van der Waals surface area contributed by atoms with Crippen LogP contribution in [-0.2, 0) is 12.8 Å². The van der Waals surface area contributed by atoms with Crippen molar-refractivity contribution < 1.29 is 14.2 Å². The topological polar surface area (TPSA) is 86.6 Å². The summed E-state index contributed by atoms with van der Waals surface area (Å²) in [4.78, 5) is 4.10. The van der Waals surface area contributed by atoms with Crippen molar-refractivity contribution in [3.8, 4) is 17.2 Å². The molecular formula is C22H21N5O3S. The molecule has 5 aromatic rings. The summed E-state index contributed by atoms with van der Waals surface area (Å²) in [5, 5.41) is 15.5. The molecule has 2 aromatic carbocycles. The predicted octanol–water partition coefficient (Wildman–Crippen LogP) is 3.87. The lowest BCUT2D eigenvalue weighted by Gasteiger charge is -2.08. The molecule has 0 saturated carbocycles. The smallest absolute Gasteiger partial charge is 0.234 e. The van der Waals surface area contributed by atoms with Gasteiger partial charge >= 0.3 is 0 Å². The number of nitrogens with one attached hydrogen (secondary N) is 1. The molecule has 5 rings (SSSR count). The molecule has 0 spiro atoms. The van der Waals surface area contributed by atoms with Crippen LogP contribution in [0.2, 0.25) is 0 Å². The lowest BCUT2D eigenvalue weighted by Crippen LogP contribution is -2.00. The molecule has 0 bridgehead atoms. The number of benzene rings is 2. The SMILES string of the molecule is COc1ccc2[nH]cc(Cc3nn4c(Cc5ccc(OC)c(OC)c5)nnc4s3)c2c1. The summed E-state index contributed by atoms with van der Waals surface area (Å²) in [5.74, 6) is 3.01. The van der Waals surface area contributed by atoms with Crippen molar-refractivity contribution >= 4 is 27.2 Å². The van der Waals surface area contributed by atoms with Gasteiger partial charge in [0.15, 0.2) is 17.3 Å². The van der Waals surface area contributed by atoms with Gasteiger partial charge in [0, 0.05) is 29.9 Å². The second kappa shape index (κ2) is 7.92. The second-order valence-electron chi connectivity index (χ2n) is 7.07. The van der Waals surface area contributed by atoms with Crippen LogP contribution in [0, 0.1) is 0 Å². The van der Waals surface area contributed by atoms with E-state index in [9.17, 15) is 0 Å². The Balaban J connectivity index is 1.42. The quantitative estimate of drug-likeness (QED) is 0.418. The molecule has 1 N–H and O–H groups in total. The first-order valence-corrected chi connectivity index (χ1v) is 10.5. The zero-order valence-electron chi connectivity index (χ0n) is 17.4. The summed E-state index contributed by atoms with van der Waals surface area (Å²) in [5.41, 5.74) is 3.29. The number of rotatable bonds is 7. The lowest BCUT2D eigenvalue weighted by molar-refractivity contribution is 0.354. The predicted molar refractivity (Wildman–Crippen MR) is 119 cm³/mol. The van der Waals surface area contributed by atoms with Crippen molar-refractivity contribution in [1.29, 1.82) is 0 Å². The van der Waals surface area contributed by atoms with Crippen LogP contribution in [0.15, 0.2) is 42.6 Å². The van der Waals surface area contributed by atoms with Crippen molar-refractivity contribution in [3.05, 3.63) is 64.6 Å².